The van der Waals surface area contributed by atoms with E-state index in [0.29, 0.717) is 16.3 Å². The normalized spacial score (nSPS) is 13.1. The number of guanidine groups is 1. The van der Waals surface area contributed by atoms with Crippen LogP contribution in [-0.2, 0) is 25.7 Å². The van der Waals surface area contributed by atoms with Gasteiger partial charge in [-0.25, -0.2) is 9.59 Å². The van der Waals surface area contributed by atoms with Crippen LogP contribution in [0.3, 0.4) is 0 Å². The van der Waals surface area contributed by atoms with Gasteiger partial charge in [0.15, 0.2) is 12.7 Å². The molecule has 1 aromatic carbocycles. The lowest BCUT2D eigenvalue weighted by Crippen LogP contribution is -2.36. The number of nitrogens with one attached hydrogen (secondary N) is 3. The SMILES string of the molecule is CN(C(=O)OCNC(=N)N)c1ccc(CNC(=O)ON2C(=O)CCC2=O)cc1. The van der Waals surface area contributed by atoms with Crippen molar-refractivity contribution in [2.75, 3.05) is 18.7 Å². The van der Waals surface area contributed by atoms with Gasteiger partial charge in [-0.15, -0.1) is 5.06 Å². The van der Waals surface area contributed by atoms with Crippen LogP contribution in [0.15, 0.2) is 24.3 Å². The van der Waals surface area contributed by atoms with Crippen molar-refractivity contribution < 1.29 is 28.8 Å². The molecule has 1 aliphatic heterocycles. The fourth-order valence-electron chi connectivity index (χ4n) is 2.16. The van der Waals surface area contributed by atoms with Gasteiger partial charge in [0, 0.05) is 32.1 Å². The first-order chi connectivity index (χ1) is 13.3. The molecule has 12 nitrogen and oxygen atoms in total. The van der Waals surface area contributed by atoms with E-state index in [1.54, 1.807) is 24.3 Å². The van der Waals surface area contributed by atoms with E-state index in [-0.39, 0.29) is 32.1 Å². The predicted molar refractivity (Wildman–Crippen MR) is 95.7 cm³/mol. The number of carbonyl (C=O) groups is 4. The van der Waals surface area contributed by atoms with Crippen molar-refractivity contribution in [2.45, 2.75) is 19.4 Å². The average Bonchev–Trinajstić information content (AvgIpc) is 2.97. The van der Waals surface area contributed by atoms with Crippen molar-refractivity contribution in [3.63, 3.8) is 0 Å². The van der Waals surface area contributed by atoms with Crippen molar-refractivity contribution >= 4 is 35.6 Å². The second-order valence-corrected chi connectivity index (χ2v) is 5.68. The van der Waals surface area contributed by atoms with Crippen LogP contribution < -0.4 is 21.3 Å². The minimum Gasteiger partial charge on any atom is -0.428 e. The van der Waals surface area contributed by atoms with Crippen LogP contribution in [0.1, 0.15) is 18.4 Å². The molecule has 12 heteroatoms. The Morgan fingerprint density at radius 3 is 2.36 bits per heavy atom. The van der Waals surface area contributed by atoms with E-state index in [1.165, 1.54) is 11.9 Å². The van der Waals surface area contributed by atoms with Gasteiger partial charge in [0.1, 0.15) is 0 Å². The molecule has 5 N–H and O–H groups in total. The maximum atomic E-state index is 11.9. The van der Waals surface area contributed by atoms with Gasteiger partial charge in [0.25, 0.3) is 11.8 Å². The maximum absolute atomic E-state index is 11.9. The summed E-state index contributed by atoms with van der Waals surface area (Å²) in [7, 11) is 1.50. The lowest BCUT2D eigenvalue weighted by molar-refractivity contribution is -0.171. The summed E-state index contributed by atoms with van der Waals surface area (Å²) in [6, 6.07) is 6.60. The molecule has 0 radical (unpaired) electrons. The number of imide groups is 1. The zero-order valence-electron chi connectivity index (χ0n) is 15.1. The molecule has 1 heterocycles. The molecule has 0 aromatic heterocycles. The van der Waals surface area contributed by atoms with Crippen LogP contribution in [0.5, 0.6) is 0 Å². The fraction of sp³-hybridized carbons (Fsp3) is 0.312. The molecule has 1 aromatic rings. The lowest BCUT2D eigenvalue weighted by Gasteiger charge is -2.18. The second kappa shape index (κ2) is 9.21. The zero-order valence-corrected chi connectivity index (χ0v) is 15.1. The highest BCUT2D eigenvalue weighted by Crippen LogP contribution is 2.15. The standard InChI is InChI=1S/C16H20N6O6/c1-21(16(26)27-9-20-14(17)18)11-4-2-10(3-5-11)8-19-15(25)28-22-12(23)6-7-13(22)24/h2-5H,6-9H2,1H3,(H,19,25)(H4,17,18,20). The molecular weight excluding hydrogens is 372 g/mol. The summed E-state index contributed by atoms with van der Waals surface area (Å²) in [5.74, 6) is -1.43. The summed E-state index contributed by atoms with van der Waals surface area (Å²) < 4.78 is 4.88. The Labute approximate surface area is 160 Å². The van der Waals surface area contributed by atoms with Gasteiger partial charge in [0.05, 0.1) is 0 Å². The van der Waals surface area contributed by atoms with Gasteiger partial charge in [0.2, 0.25) is 0 Å². The van der Waals surface area contributed by atoms with E-state index < -0.39 is 24.0 Å². The van der Waals surface area contributed by atoms with Gasteiger partial charge in [-0.1, -0.05) is 12.1 Å². The third-order valence-corrected chi connectivity index (χ3v) is 3.67. The van der Waals surface area contributed by atoms with Gasteiger partial charge in [-0.05, 0) is 17.7 Å². The van der Waals surface area contributed by atoms with Crippen LogP contribution in [0, 0.1) is 5.41 Å². The maximum Gasteiger partial charge on any atom is 0.432 e. The number of nitrogens with zero attached hydrogens (tertiary/aromatic N) is 2. The minimum absolute atomic E-state index is 0.0222. The first-order valence-electron chi connectivity index (χ1n) is 8.17. The van der Waals surface area contributed by atoms with Gasteiger partial charge in [-0.2, -0.15) is 0 Å². The molecule has 150 valence electrons. The number of hydrogen-bond acceptors (Lipinski definition) is 7. The highest BCUT2D eigenvalue weighted by molar-refractivity contribution is 6.01. The van der Waals surface area contributed by atoms with E-state index in [9.17, 15) is 19.2 Å². The molecule has 4 amide bonds. The van der Waals surface area contributed by atoms with Crippen LogP contribution in [-0.4, -0.2) is 48.8 Å². The molecule has 28 heavy (non-hydrogen) atoms. The van der Waals surface area contributed by atoms with Crippen molar-refractivity contribution in [1.82, 2.24) is 15.7 Å². The molecule has 0 spiro atoms. The lowest BCUT2D eigenvalue weighted by atomic mass is 10.2. The van der Waals surface area contributed by atoms with Crippen LogP contribution in [0.2, 0.25) is 0 Å². The van der Waals surface area contributed by atoms with Gasteiger partial charge < -0.3 is 25.9 Å². The number of hydroxylamine groups is 2. The number of amides is 4. The van der Waals surface area contributed by atoms with Crippen molar-refractivity contribution in [3.05, 3.63) is 29.8 Å². The highest BCUT2D eigenvalue weighted by atomic mass is 16.7. The van der Waals surface area contributed by atoms with E-state index in [1.807, 2.05) is 0 Å². The summed E-state index contributed by atoms with van der Waals surface area (Å²) >= 11 is 0. The summed E-state index contributed by atoms with van der Waals surface area (Å²) in [6.07, 6.45) is -1.53. The van der Waals surface area contributed by atoms with Crippen molar-refractivity contribution in [3.8, 4) is 0 Å². The Morgan fingerprint density at radius 2 is 1.79 bits per heavy atom. The molecule has 1 saturated heterocycles. The monoisotopic (exact) mass is 392 g/mol. The molecule has 0 bridgehead atoms. The van der Waals surface area contributed by atoms with E-state index >= 15 is 0 Å². The molecular formula is C16H20N6O6. The fourth-order valence-corrected chi connectivity index (χ4v) is 2.16. The van der Waals surface area contributed by atoms with Crippen molar-refractivity contribution in [1.29, 1.82) is 5.41 Å². The molecule has 0 saturated carbocycles. The van der Waals surface area contributed by atoms with Gasteiger partial charge >= 0.3 is 12.2 Å². The average molecular weight is 392 g/mol. The quantitative estimate of drug-likeness (QED) is 0.227. The molecule has 1 aliphatic rings. The number of rotatable bonds is 6. The molecule has 2 rings (SSSR count). The van der Waals surface area contributed by atoms with E-state index in [4.69, 9.17) is 20.7 Å². The molecule has 1 fully saturated rings. The molecule has 0 atom stereocenters. The summed E-state index contributed by atoms with van der Waals surface area (Å²) in [5, 5.41) is 12.2. The minimum atomic E-state index is -0.925. The van der Waals surface area contributed by atoms with E-state index in [0.717, 1.165) is 0 Å². The first kappa shape index (κ1) is 20.5. The second-order valence-electron chi connectivity index (χ2n) is 5.68. The Morgan fingerprint density at radius 1 is 1.18 bits per heavy atom. The number of ether oxygens (including phenoxy) is 1. The van der Waals surface area contributed by atoms with Gasteiger partial charge in [-0.3, -0.25) is 19.9 Å². The van der Waals surface area contributed by atoms with Crippen LogP contribution in [0.4, 0.5) is 15.3 Å². The molecule has 0 unspecified atom stereocenters. The third kappa shape index (κ3) is 5.59. The number of nitrogens with two attached hydrogens (primary N) is 1. The zero-order chi connectivity index (χ0) is 20.7. The highest BCUT2D eigenvalue weighted by Gasteiger charge is 2.32. The Kier molecular flexibility index (Phi) is 6.73. The largest absolute Gasteiger partial charge is 0.432 e. The number of carbonyl (C=O) groups excluding carboxylic acids is 4. The Hall–Kier alpha value is -3.83. The Balaban J connectivity index is 1.81. The first-order valence-corrected chi connectivity index (χ1v) is 8.17. The smallest absolute Gasteiger partial charge is 0.428 e. The molecule has 0 aliphatic carbocycles. The predicted octanol–water partition coefficient (Wildman–Crippen LogP) is -0.00983. The summed E-state index contributed by atoms with van der Waals surface area (Å²) in [6.45, 7) is -0.142. The number of benzene rings is 1. The van der Waals surface area contributed by atoms with Crippen molar-refractivity contribution in [2.24, 2.45) is 5.73 Å². The third-order valence-electron chi connectivity index (χ3n) is 3.67. The number of hydrogen-bond donors (Lipinski definition) is 4. The number of anilines is 1. The summed E-state index contributed by atoms with van der Waals surface area (Å²) in [5.41, 5.74) is 6.31. The topological polar surface area (TPSA) is 167 Å². The summed E-state index contributed by atoms with van der Waals surface area (Å²) in [4.78, 5) is 52.3. The van der Waals surface area contributed by atoms with Crippen LogP contribution in [0.25, 0.3) is 0 Å². The Bertz CT molecular complexity index is 764. The van der Waals surface area contributed by atoms with Crippen LogP contribution >= 0.6 is 0 Å². The van der Waals surface area contributed by atoms with E-state index in [2.05, 4.69) is 10.6 Å².